The second-order valence-corrected chi connectivity index (χ2v) is 13.7. The number of ether oxygens (including phenoxy) is 1. The van der Waals surface area contributed by atoms with Gasteiger partial charge in [0.15, 0.2) is 5.60 Å². The molecule has 3 aliphatic rings. The van der Waals surface area contributed by atoms with Crippen molar-refractivity contribution in [1.29, 1.82) is 0 Å². The predicted molar refractivity (Wildman–Crippen MR) is 168 cm³/mol. The van der Waals surface area contributed by atoms with Crippen molar-refractivity contribution >= 4 is 40.1 Å². The molecule has 3 aromatic carbocycles. The molecule has 8 heteroatoms. The summed E-state index contributed by atoms with van der Waals surface area (Å²) in [4.78, 5) is 32.0. The van der Waals surface area contributed by atoms with Crippen molar-refractivity contribution in [2.45, 2.75) is 70.1 Å². The van der Waals surface area contributed by atoms with Gasteiger partial charge >= 0.3 is 0 Å². The van der Waals surface area contributed by atoms with Gasteiger partial charge in [0.25, 0.3) is 5.91 Å². The third-order valence-corrected chi connectivity index (χ3v) is 10.1. The number of aliphatic hydroxyl groups is 2. The lowest BCUT2D eigenvalue weighted by atomic mass is 9.70. The largest absolute Gasteiger partial charge is 0.394 e. The number of rotatable bonds is 6. The van der Waals surface area contributed by atoms with Crippen LogP contribution >= 0.6 is 22.6 Å². The highest BCUT2D eigenvalue weighted by Crippen LogP contribution is 2.58. The molecule has 7 nitrogen and oxygen atoms in total. The number of halogens is 1. The molecule has 0 aromatic heterocycles. The van der Waals surface area contributed by atoms with E-state index in [4.69, 9.17) is 4.74 Å². The molecule has 3 aliphatic heterocycles. The Morgan fingerprint density at radius 2 is 1.79 bits per heavy atom. The number of amides is 2. The zero-order valence-corrected chi connectivity index (χ0v) is 26.3. The predicted octanol–water partition coefficient (Wildman–Crippen LogP) is 4.79. The first-order valence-corrected chi connectivity index (χ1v) is 15.7. The van der Waals surface area contributed by atoms with E-state index in [-0.39, 0.29) is 30.9 Å². The molecular formula is C34H37IN2O5. The molecule has 3 aromatic rings. The minimum absolute atomic E-state index is 0.00570. The minimum Gasteiger partial charge on any atom is -0.394 e. The van der Waals surface area contributed by atoms with Crippen molar-refractivity contribution < 1.29 is 24.5 Å². The number of aliphatic hydroxyl groups excluding tert-OH is 1. The number of hydrogen-bond acceptors (Lipinski definition) is 5. The van der Waals surface area contributed by atoms with Gasteiger partial charge in [-0.15, -0.1) is 0 Å². The second-order valence-electron chi connectivity index (χ2n) is 12.4. The molecule has 0 saturated carbocycles. The number of carbonyl (C=O) groups excluding carboxylic acids is 2. The van der Waals surface area contributed by atoms with Crippen molar-refractivity contribution in [2.75, 3.05) is 11.5 Å². The van der Waals surface area contributed by atoms with Gasteiger partial charge in [-0.25, -0.2) is 0 Å². The Kier molecular flexibility index (Phi) is 7.70. The summed E-state index contributed by atoms with van der Waals surface area (Å²) in [6, 6.07) is 23.5. The van der Waals surface area contributed by atoms with Gasteiger partial charge < -0.3 is 24.7 Å². The molecule has 220 valence electrons. The lowest BCUT2D eigenvalue weighted by molar-refractivity contribution is -0.151. The molecule has 2 amide bonds. The molecule has 0 radical (unpaired) electrons. The van der Waals surface area contributed by atoms with Crippen LogP contribution in [0.4, 0.5) is 5.69 Å². The van der Waals surface area contributed by atoms with Gasteiger partial charge in [0, 0.05) is 27.5 Å². The van der Waals surface area contributed by atoms with Crippen LogP contribution in [0.2, 0.25) is 0 Å². The van der Waals surface area contributed by atoms with E-state index in [0.717, 1.165) is 31.5 Å². The summed E-state index contributed by atoms with van der Waals surface area (Å²) in [6.07, 6.45) is -0.108. The Morgan fingerprint density at radius 1 is 1.07 bits per heavy atom. The Balaban J connectivity index is 1.34. The van der Waals surface area contributed by atoms with Crippen molar-refractivity contribution in [3.8, 4) is 0 Å². The fourth-order valence-corrected chi connectivity index (χ4v) is 8.15. The highest BCUT2D eigenvalue weighted by molar-refractivity contribution is 14.1. The molecular weight excluding hydrogens is 643 g/mol. The van der Waals surface area contributed by atoms with E-state index in [0.29, 0.717) is 19.5 Å². The van der Waals surface area contributed by atoms with Crippen molar-refractivity contribution in [2.24, 2.45) is 11.8 Å². The van der Waals surface area contributed by atoms with Crippen molar-refractivity contribution in [3.05, 3.63) is 98.6 Å². The fraction of sp³-hybridized carbons (Fsp3) is 0.412. The lowest BCUT2D eigenvalue weighted by Gasteiger charge is -2.38. The van der Waals surface area contributed by atoms with E-state index in [1.54, 1.807) is 23.6 Å². The zero-order chi connectivity index (χ0) is 29.8. The topological polar surface area (TPSA) is 90.3 Å². The van der Waals surface area contributed by atoms with Gasteiger partial charge in [-0.2, -0.15) is 0 Å². The van der Waals surface area contributed by atoms with Crippen LogP contribution in [0, 0.1) is 15.4 Å². The van der Waals surface area contributed by atoms with Crippen LogP contribution < -0.4 is 4.90 Å². The number of para-hydroxylation sites is 1. The third kappa shape index (κ3) is 4.86. The van der Waals surface area contributed by atoms with Gasteiger partial charge in [0.05, 0.1) is 43.0 Å². The highest BCUT2D eigenvalue weighted by atomic mass is 127. The summed E-state index contributed by atoms with van der Waals surface area (Å²) in [5.41, 5.74) is 2.26. The average molecular weight is 681 g/mol. The molecule has 1 fully saturated rings. The fourth-order valence-electron chi connectivity index (χ4n) is 7.54. The molecule has 0 aliphatic carbocycles. The number of carbonyl (C=O) groups is 2. The first kappa shape index (κ1) is 29.3. The van der Waals surface area contributed by atoms with Crippen LogP contribution in [0.5, 0.6) is 0 Å². The van der Waals surface area contributed by atoms with Crippen LogP contribution in [0.25, 0.3) is 0 Å². The van der Waals surface area contributed by atoms with Gasteiger partial charge in [-0.3, -0.25) is 9.59 Å². The molecule has 0 bridgehead atoms. The average Bonchev–Trinajstić information content (AvgIpc) is 3.38. The summed E-state index contributed by atoms with van der Waals surface area (Å²) in [7, 11) is 0. The van der Waals surface area contributed by atoms with E-state index < -0.39 is 29.1 Å². The van der Waals surface area contributed by atoms with E-state index >= 15 is 0 Å². The van der Waals surface area contributed by atoms with Crippen LogP contribution in [-0.2, 0) is 39.4 Å². The van der Waals surface area contributed by atoms with E-state index in [9.17, 15) is 19.8 Å². The molecule has 5 atom stereocenters. The quantitative estimate of drug-likeness (QED) is 0.366. The van der Waals surface area contributed by atoms with Gasteiger partial charge in [0.2, 0.25) is 5.91 Å². The van der Waals surface area contributed by atoms with Crippen LogP contribution in [-0.4, -0.2) is 51.3 Å². The third-order valence-electron chi connectivity index (χ3n) is 9.38. The molecule has 2 N–H and O–H groups in total. The van der Waals surface area contributed by atoms with Gasteiger partial charge in [-0.1, -0.05) is 61.5 Å². The Morgan fingerprint density at radius 3 is 2.50 bits per heavy atom. The van der Waals surface area contributed by atoms with Crippen molar-refractivity contribution in [3.63, 3.8) is 0 Å². The van der Waals surface area contributed by atoms with Gasteiger partial charge in [-0.05, 0) is 77.7 Å². The second kappa shape index (κ2) is 11.0. The summed E-state index contributed by atoms with van der Waals surface area (Å²) >= 11 is 2.27. The first-order valence-electron chi connectivity index (χ1n) is 14.6. The highest BCUT2D eigenvalue weighted by Gasteiger charge is 2.66. The standard InChI is InChI=1S/C34H37IN2O5/c1-21-31(33(2,3)41)29(17-30(39)36-19-24-11-5-4-10-23(24)16-26(36)20-38)42-34(21)27-13-6-7-14-28(27)37(32(34)40)18-22-9-8-12-25(35)15-22/h4-15,21,26,29,31,38,41H,16-20H2,1-3H3/t21-,26-,29+,31-,34+/m0/s1. The number of hydrogen-bond donors (Lipinski definition) is 2. The van der Waals surface area contributed by atoms with E-state index in [1.165, 1.54) is 0 Å². The Hall–Kier alpha value is -2.79. The SMILES string of the molecule is C[C@H]1[C@H](C(C)(C)O)[C@@H](CC(=O)N2Cc3ccccc3C[C@H]2CO)O[C@]12C(=O)N(Cc1cccc(I)c1)c1ccccc12. The summed E-state index contributed by atoms with van der Waals surface area (Å²) < 4.78 is 7.92. The molecule has 0 unspecified atom stereocenters. The summed E-state index contributed by atoms with van der Waals surface area (Å²) in [6.45, 7) is 6.09. The van der Waals surface area contributed by atoms with Gasteiger partial charge in [0.1, 0.15) is 0 Å². The van der Waals surface area contributed by atoms with Crippen molar-refractivity contribution in [1.82, 2.24) is 4.90 Å². The summed E-state index contributed by atoms with van der Waals surface area (Å²) in [5, 5.41) is 21.6. The lowest BCUT2D eigenvalue weighted by Crippen LogP contribution is -2.48. The molecule has 1 spiro atoms. The van der Waals surface area contributed by atoms with E-state index in [2.05, 4.69) is 28.7 Å². The van der Waals surface area contributed by atoms with Crippen LogP contribution in [0.15, 0.2) is 72.8 Å². The molecule has 3 heterocycles. The maximum absolute atomic E-state index is 14.5. The van der Waals surface area contributed by atoms with Crippen LogP contribution in [0.1, 0.15) is 49.4 Å². The number of fused-ring (bicyclic) bond motifs is 3. The Bertz CT molecular complexity index is 1520. The minimum atomic E-state index is -1.32. The number of nitrogens with zero attached hydrogens (tertiary/aromatic N) is 2. The normalized spacial score (nSPS) is 27.0. The Labute approximate surface area is 260 Å². The smallest absolute Gasteiger partial charge is 0.264 e. The maximum Gasteiger partial charge on any atom is 0.264 e. The molecule has 6 rings (SSSR count). The summed E-state index contributed by atoms with van der Waals surface area (Å²) in [5.74, 6) is -1.21. The molecule has 1 saturated heterocycles. The number of anilines is 1. The first-order chi connectivity index (χ1) is 20.0. The maximum atomic E-state index is 14.5. The monoisotopic (exact) mass is 680 g/mol. The number of benzene rings is 3. The molecule has 42 heavy (non-hydrogen) atoms. The van der Waals surface area contributed by atoms with Crippen LogP contribution in [0.3, 0.4) is 0 Å². The van der Waals surface area contributed by atoms with E-state index in [1.807, 2.05) is 73.7 Å². The zero-order valence-electron chi connectivity index (χ0n) is 24.2.